The molecule has 0 aliphatic carbocycles. The third-order valence-electron chi connectivity index (χ3n) is 5.74. The Morgan fingerprint density at radius 3 is 2.48 bits per heavy atom. The molecule has 2 atom stereocenters. The lowest BCUT2D eigenvalue weighted by atomic mass is 9.95. The van der Waals surface area contributed by atoms with Gasteiger partial charge >= 0.3 is 0 Å². The van der Waals surface area contributed by atoms with Crippen LogP contribution in [0.5, 0.6) is 11.5 Å². The van der Waals surface area contributed by atoms with Gasteiger partial charge in [-0.25, -0.2) is 0 Å². The molecular weight excluding hydrogens is 398 g/mol. The summed E-state index contributed by atoms with van der Waals surface area (Å²) in [4.78, 5) is 27.6. The highest BCUT2D eigenvalue weighted by Crippen LogP contribution is 2.40. The number of Topliss-reactive ketones (excluding diaryl/α,β-unsaturated/α-hetero) is 1. The minimum Gasteiger partial charge on any atom is -0.507 e. The molecule has 0 radical (unpaired) electrons. The van der Waals surface area contributed by atoms with Crippen LogP contribution in [0.2, 0.25) is 0 Å². The Bertz CT molecular complexity index is 1010. The number of rotatable bonds is 6. The molecule has 1 N–H and O–H groups in total. The molecule has 2 heterocycles. The lowest BCUT2D eigenvalue weighted by Crippen LogP contribution is -2.36. The summed E-state index contributed by atoms with van der Waals surface area (Å²) in [5.41, 5.74) is 1.18. The van der Waals surface area contributed by atoms with Crippen LogP contribution in [-0.2, 0) is 14.3 Å². The molecule has 7 heteroatoms. The summed E-state index contributed by atoms with van der Waals surface area (Å²) in [5.74, 6) is -0.376. The first-order chi connectivity index (χ1) is 15.0. The van der Waals surface area contributed by atoms with Crippen LogP contribution in [0, 0.1) is 0 Å². The average Bonchev–Trinajstić information content (AvgIpc) is 3.41. The van der Waals surface area contributed by atoms with Gasteiger partial charge in [0.25, 0.3) is 11.7 Å². The molecule has 2 aromatic carbocycles. The fourth-order valence-corrected chi connectivity index (χ4v) is 4.13. The number of ether oxygens (including phenoxy) is 3. The monoisotopic (exact) mass is 423 g/mol. The molecule has 31 heavy (non-hydrogen) atoms. The van der Waals surface area contributed by atoms with E-state index >= 15 is 0 Å². The molecule has 2 fully saturated rings. The van der Waals surface area contributed by atoms with Crippen molar-refractivity contribution in [2.24, 2.45) is 0 Å². The third kappa shape index (κ3) is 4.01. The van der Waals surface area contributed by atoms with Gasteiger partial charge in [0.2, 0.25) is 0 Å². The number of aliphatic hydroxyl groups excluding tert-OH is 1. The Hall–Kier alpha value is -3.32. The van der Waals surface area contributed by atoms with Crippen molar-refractivity contribution in [3.05, 3.63) is 65.2 Å². The summed E-state index contributed by atoms with van der Waals surface area (Å²) in [6.45, 7) is 0.932. The van der Waals surface area contributed by atoms with Crippen molar-refractivity contribution in [1.82, 2.24) is 4.90 Å². The molecule has 4 rings (SSSR count). The molecular formula is C24H25NO6. The summed E-state index contributed by atoms with van der Waals surface area (Å²) in [6.07, 6.45) is 1.62. The van der Waals surface area contributed by atoms with Crippen LogP contribution in [0.15, 0.2) is 54.1 Å². The fraction of sp³-hybridized carbons (Fsp3) is 0.333. The number of likely N-dealkylation sites (tertiary alicyclic amines) is 1. The third-order valence-corrected chi connectivity index (χ3v) is 5.74. The van der Waals surface area contributed by atoms with E-state index in [1.165, 1.54) is 12.0 Å². The highest BCUT2D eigenvalue weighted by molar-refractivity contribution is 6.46. The van der Waals surface area contributed by atoms with Gasteiger partial charge in [-0.2, -0.15) is 0 Å². The number of benzene rings is 2. The van der Waals surface area contributed by atoms with Crippen LogP contribution in [-0.4, -0.2) is 55.2 Å². The number of hydrogen-bond acceptors (Lipinski definition) is 6. The van der Waals surface area contributed by atoms with Crippen LogP contribution in [0.1, 0.15) is 30.0 Å². The van der Waals surface area contributed by atoms with E-state index in [1.807, 2.05) is 0 Å². The van der Waals surface area contributed by atoms with Crippen LogP contribution < -0.4 is 9.47 Å². The number of nitrogens with zero attached hydrogens (tertiary/aromatic N) is 1. The number of amides is 1. The largest absolute Gasteiger partial charge is 0.507 e. The van der Waals surface area contributed by atoms with Crippen LogP contribution in [0.25, 0.3) is 5.76 Å². The Balaban J connectivity index is 1.81. The first kappa shape index (κ1) is 20.9. The van der Waals surface area contributed by atoms with Crippen molar-refractivity contribution in [3.63, 3.8) is 0 Å². The van der Waals surface area contributed by atoms with Crippen molar-refractivity contribution in [3.8, 4) is 11.5 Å². The van der Waals surface area contributed by atoms with Gasteiger partial charge in [0, 0.05) is 18.7 Å². The van der Waals surface area contributed by atoms with E-state index in [4.69, 9.17) is 14.2 Å². The highest BCUT2D eigenvalue weighted by Gasteiger charge is 2.47. The van der Waals surface area contributed by atoms with Gasteiger partial charge in [0.05, 0.1) is 31.9 Å². The first-order valence-corrected chi connectivity index (χ1v) is 10.2. The number of hydrogen-bond donors (Lipinski definition) is 1. The summed E-state index contributed by atoms with van der Waals surface area (Å²) in [7, 11) is 3.10. The van der Waals surface area contributed by atoms with E-state index < -0.39 is 17.7 Å². The predicted octanol–water partition coefficient (Wildman–Crippen LogP) is 3.30. The molecule has 0 bridgehead atoms. The molecule has 2 saturated heterocycles. The zero-order chi connectivity index (χ0) is 22.0. The second-order valence-corrected chi connectivity index (χ2v) is 7.59. The number of aliphatic hydroxyl groups is 1. The van der Waals surface area contributed by atoms with Crippen molar-refractivity contribution in [2.75, 3.05) is 27.4 Å². The Morgan fingerprint density at radius 2 is 1.84 bits per heavy atom. The maximum Gasteiger partial charge on any atom is 0.295 e. The summed E-state index contributed by atoms with van der Waals surface area (Å²) >= 11 is 0. The molecule has 2 aliphatic rings. The van der Waals surface area contributed by atoms with E-state index in [2.05, 4.69) is 0 Å². The molecule has 7 nitrogen and oxygen atoms in total. The predicted molar refractivity (Wildman–Crippen MR) is 114 cm³/mol. The SMILES string of the molecule is COc1ccc(C2/C(=C(/O)c3cccc(OC)c3)C(=O)C(=O)N2CC2CCCO2)cc1. The Labute approximate surface area is 180 Å². The quantitative estimate of drug-likeness (QED) is 0.436. The van der Waals surface area contributed by atoms with E-state index in [0.29, 0.717) is 29.2 Å². The molecule has 0 aromatic heterocycles. The minimum atomic E-state index is -0.721. The second-order valence-electron chi connectivity index (χ2n) is 7.59. The molecule has 0 saturated carbocycles. The lowest BCUT2D eigenvalue weighted by molar-refractivity contribution is -0.140. The van der Waals surface area contributed by atoms with Gasteiger partial charge < -0.3 is 24.2 Å². The van der Waals surface area contributed by atoms with Gasteiger partial charge in [0.15, 0.2) is 0 Å². The van der Waals surface area contributed by atoms with E-state index in [0.717, 1.165) is 12.8 Å². The molecule has 2 aliphatic heterocycles. The molecule has 0 spiro atoms. The Morgan fingerprint density at radius 1 is 1.10 bits per heavy atom. The van der Waals surface area contributed by atoms with E-state index in [-0.39, 0.29) is 24.0 Å². The van der Waals surface area contributed by atoms with Gasteiger partial charge in [-0.15, -0.1) is 0 Å². The van der Waals surface area contributed by atoms with Crippen LogP contribution in [0.4, 0.5) is 0 Å². The van der Waals surface area contributed by atoms with Crippen molar-refractivity contribution in [2.45, 2.75) is 25.0 Å². The summed E-state index contributed by atoms with van der Waals surface area (Å²) in [6, 6.07) is 13.2. The van der Waals surface area contributed by atoms with Crippen molar-refractivity contribution < 1.29 is 28.9 Å². The first-order valence-electron chi connectivity index (χ1n) is 10.2. The number of carbonyl (C=O) groups excluding carboxylic acids is 2. The fourth-order valence-electron chi connectivity index (χ4n) is 4.13. The van der Waals surface area contributed by atoms with Gasteiger partial charge in [-0.3, -0.25) is 9.59 Å². The average molecular weight is 423 g/mol. The van der Waals surface area contributed by atoms with E-state index in [1.54, 1.807) is 55.6 Å². The normalized spacial score (nSPS) is 22.7. The molecule has 162 valence electrons. The van der Waals surface area contributed by atoms with E-state index in [9.17, 15) is 14.7 Å². The zero-order valence-electron chi connectivity index (χ0n) is 17.5. The van der Waals surface area contributed by atoms with Crippen LogP contribution in [0.3, 0.4) is 0 Å². The standard InChI is InChI=1S/C24H25NO6/c1-29-17-10-8-15(9-11-17)21-20(22(26)16-5-3-6-18(13-16)30-2)23(27)24(28)25(21)14-19-7-4-12-31-19/h3,5-6,8-11,13,19,21,26H,4,7,12,14H2,1-2H3/b22-20-. The van der Waals surface area contributed by atoms with Crippen LogP contribution >= 0.6 is 0 Å². The Kier molecular flexibility index (Phi) is 5.95. The second kappa shape index (κ2) is 8.81. The number of ketones is 1. The van der Waals surface area contributed by atoms with Crippen molar-refractivity contribution in [1.29, 1.82) is 0 Å². The van der Waals surface area contributed by atoms with Gasteiger partial charge in [0.1, 0.15) is 17.3 Å². The smallest absolute Gasteiger partial charge is 0.295 e. The molecule has 2 unspecified atom stereocenters. The number of carbonyl (C=O) groups is 2. The molecule has 2 aromatic rings. The maximum atomic E-state index is 13.1. The van der Waals surface area contributed by atoms with Crippen molar-refractivity contribution >= 4 is 17.4 Å². The summed E-state index contributed by atoms with van der Waals surface area (Å²) < 4.78 is 16.2. The minimum absolute atomic E-state index is 0.0569. The maximum absolute atomic E-state index is 13.1. The topological polar surface area (TPSA) is 85.3 Å². The lowest BCUT2D eigenvalue weighted by Gasteiger charge is -2.27. The number of methoxy groups -OCH3 is 2. The zero-order valence-corrected chi connectivity index (χ0v) is 17.5. The van der Waals surface area contributed by atoms with Gasteiger partial charge in [-0.1, -0.05) is 24.3 Å². The van der Waals surface area contributed by atoms with Gasteiger partial charge in [-0.05, 0) is 42.7 Å². The molecule has 1 amide bonds. The summed E-state index contributed by atoms with van der Waals surface area (Å²) in [5, 5.41) is 11.1. The highest BCUT2D eigenvalue weighted by atomic mass is 16.5.